The first-order valence-electron chi connectivity index (χ1n) is 8.54. The smallest absolute Gasteiger partial charge is 0.338 e. The molecule has 0 aliphatic carbocycles. The zero-order valence-electron chi connectivity index (χ0n) is 15.5. The van der Waals surface area contributed by atoms with Crippen molar-refractivity contribution in [3.05, 3.63) is 52.5 Å². The number of carbonyl (C=O) groups is 2. The summed E-state index contributed by atoms with van der Waals surface area (Å²) in [5.74, 6) is -0.349. The maximum atomic E-state index is 12.2. The van der Waals surface area contributed by atoms with Crippen molar-refractivity contribution in [2.75, 3.05) is 25.1 Å². The SMILES string of the molecule is CCOc1ccc(C(=O)OCC(=O)Nc2cc(Cl)ccc2C#N)cc1OCC. The Morgan fingerprint density at radius 1 is 1.07 bits per heavy atom. The van der Waals surface area contributed by atoms with E-state index in [-0.39, 0.29) is 16.8 Å². The minimum absolute atomic E-state index is 0.222. The number of nitrogens with zero attached hydrogens (tertiary/aromatic N) is 1. The van der Waals surface area contributed by atoms with E-state index in [1.807, 2.05) is 19.9 Å². The van der Waals surface area contributed by atoms with Crippen LogP contribution in [-0.4, -0.2) is 31.7 Å². The van der Waals surface area contributed by atoms with Crippen molar-refractivity contribution in [2.45, 2.75) is 13.8 Å². The lowest BCUT2D eigenvalue weighted by atomic mass is 10.2. The quantitative estimate of drug-likeness (QED) is 0.674. The van der Waals surface area contributed by atoms with Crippen molar-refractivity contribution in [1.29, 1.82) is 5.26 Å². The van der Waals surface area contributed by atoms with E-state index < -0.39 is 18.5 Å². The number of rotatable bonds is 8. The summed E-state index contributed by atoms with van der Waals surface area (Å²) in [6.45, 7) is 4.00. The number of nitriles is 1. The largest absolute Gasteiger partial charge is 0.490 e. The first-order chi connectivity index (χ1) is 13.5. The van der Waals surface area contributed by atoms with Gasteiger partial charge in [0, 0.05) is 5.02 Å². The third kappa shape index (κ3) is 5.63. The number of halogens is 1. The van der Waals surface area contributed by atoms with Gasteiger partial charge in [-0.1, -0.05) is 11.6 Å². The number of hydrogen-bond acceptors (Lipinski definition) is 6. The van der Waals surface area contributed by atoms with Gasteiger partial charge in [-0.15, -0.1) is 0 Å². The minimum Gasteiger partial charge on any atom is -0.490 e. The number of amides is 1. The van der Waals surface area contributed by atoms with Crippen LogP contribution in [0.4, 0.5) is 5.69 Å². The topological polar surface area (TPSA) is 97.6 Å². The molecular formula is C20H19ClN2O5. The summed E-state index contributed by atoms with van der Waals surface area (Å²) in [5.41, 5.74) is 0.716. The maximum absolute atomic E-state index is 12.2. The van der Waals surface area contributed by atoms with Crippen LogP contribution >= 0.6 is 11.6 Å². The van der Waals surface area contributed by atoms with Crippen molar-refractivity contribution >= 4 is 29.2 Å². The molecule has 1 N–H and O–H groups in total. The van der Waals surface area contributed by atoms with E-state index in [4.69, 9.17) is 31.1 Å². The highest BCUT2D eigenvalue weighted by Crippen LogP contribution is 2.28. The summed E-state index contributed by atoms with van der Waals surface area (Å²) in [6, 6.07) is 11.0. The summed E-state index contributed by atoms with van der Waals surface area (Å²) >= 11 is 5.87. The number of ether oxygens (including phenoxy) is 3. The number of benzene rings is 2. The van der Waals surface area contributed by atoms with Gasteiger partial charge < -0.3 is 19.5 Å². The average Bonchev–Trinajstić information content (AvgIpc) is 2.68. The van der Waals surface area contributed by atoms with Gasteiger partial charge in [-0.05, 0) is 50.2 Å². The average molecular weight is 403 g/mol. The van der Waals surface area contributed by atoms with Crippen molar-refractivity contribution < 1.29 is 23.8 Å². The van der Waals surface area contributed by atoms with Crippen LogP contribution < -0.4 is 14.8 Å². The van der Waals surface area contributed by atoms with Gasteiger partial charge in [0.05, 0.1) is 30.0 Å². The first kappa shape index (κ1) is 21.1. The van der Waals surface area contributed by atoms with Gasteiger partial charge in [0.25, 0.3) is 5.91 Å². The molecule has 28 heavy (non-hydrogen) atoms. The zero-order chi connectivity index (χ0) is 20.5. The number of hydrogen-bond donors (Lipinski definition) is 1. The zero-order valence-corrected chi connectivity index (χ0v) is 16.2. The second-order valence-corrected chi connectivity index (χ2v) is 5.89. The van der Waals surface area contributed by atoms with Crippen molar-refractivity contribution in [3.63, 3.8) is 0 Å². The Bertz CT molecular complexity index is 908. The standard InChI is InChI=1S/C20H19ClN2O5/c1-3-26-17-8-6-13(9-18(17)27-4-2)20(25)28-12-19(24)23-16-10-15(21)7-5-14(16)11-22/h5-10H,3-4,12H2,1-2H3,(H,23,24). The van der Waals surface area contributed by atoms with Crippen LogP contribution in [-0.2, 0) is 9.53 Å². The summed E-state index contributed by atoms with van der Waals surface area (Å²) < 4.78 is 15.9. The second kappa shape index (κ2) is 10.2. The van der Waals surface area contributed by atoms with Gasteiger partial charge in [0.15, 0.2) is 18.1 Å². The molecule has 2 aromatic carbocycles. The fourth-order valence-corrected chi connectivity index (χ4v) is 2.47. The van der Waals surface area contributed by atoms with Crippen LogP contribution in [0.5, 0.6) is 11.5 Å². The molecule has 0 aromatic heterocycles. The molecule has 0 unspecified atom stereocenters. The molecule has 0 fully saturated rings. The number of carbonyl (C=O) groups excluding carboxylic acids is 2. The Morgan fingerprint density at radius 3 is 2.46 bits per heavy atom. The highest BCUT2D eigenvalue weighted by atomic mass is 35.5. The molecule has 0 heterocycles. The lowest BCUT2D eigenvalue weighted by Gasteiger charge is -2.12. The monoisotopic (exact) mass is 402 g/mol. The van der Waals surface area contributed by atoms with Crippen LogP contribution in [0.15, 0.2) is 36.4 Å². The summed E-state index contributed by atoms with van der Waals surface area (Å²) in [4.78, 5) is 24.3. The van der Waals surface area contributed by atoms with E-state index in [2.05, 4.69) is 5.32 Å². The summed E-state index contributed by atoms with van der Waals surface area (Å²) in [5, 5.41) is 11.9. The Hall–Kier alpha value is -3.24. The summed E-state index contributed by atoms with van der Waals surface area (Å²) in [7, 11) is 0. The van der Waals surface area contributed by atoms with Crippen LogP contribution in [0.2, 0.25) is 5.02 Å². The van der Waals surface area contributed by atoms with Gasteiger partial charge in [0.2, 0.25) is 0 Å². The number of nitrogens with one attached hydrogen (secondary N) is 1. The lowest BCUT2D eigenvalue weighted by molar-refractivity contribution is -0.119. The molecule has 0 bridgehead atoms. The molecule has 0 atom stereocenters. The Morgan fingerprint density at radius 2 is 1.79 bits per heavy atom. The molecule has 0 saturated carbocycles. The molecule has 8 heteroatoms. The van der Waals surface area contributed by atoms with Crippen LogP contribution in [0.3, 0.4) is 0 Å². The van der Waals surface area contributed by atoms with E-state index in [0.717, 1.165) is 0 Å². The molecule has 7 nitrogen and oxygen atoms in total. The van der Waals surface area contributed by atoms with E-state index in [9.17, 15) is 9.59 Å². The number of anilines is 1. The molecule has 0 aliphatic rings. The van der Waals surface area contributed by atoms with E-state index in [0.29, 0.717) is 29.7 Å². The highest BCUT2D eigenvalue weighted by molar-refractivity contribution is 6.31. The van der Waals surface area contributed by atoms with Gasteiger partial charge in [-0.3, -0.25) is 4.79 Å². The van der Waals surface area contributed by atoms with Gasteiger partial charge in [0.1, 0.15) is 6.07 Å². The Kier molecular flexibility index (Phi) is 7.66. The first-order valence-corrected chi connectivity index (χ1v) is 8.92. The molecule has 2 rings (SSSR count). The lowest BCUT2D eigenvalue weighted by Crippen LogP contribution is -2.21. The van der Waals surface area contributed by atoms with Gasteiger partial charge in [-0.25, -0.2) is 4.79 Å². The molecular weight excluding hydrogens is 384 g/mol. The molecule has 0 saturated heterocycles. The van der Waals surface area contributed by atoms with E-state index in [1.54, 1.807) is 6.07 Å². The summed E-state index contributed by atoms with van der Waals surface area (Å²) in [6.07, 6.45) is 0. The van der Waals surface area contributed by atoms with Gasteiger partial charge >= 0.3 is 5.97 Å². The normalized spacial score (nSPS) is 9.93. The molecule has 2 aromatic rings. The van der Waals surface area contributed by atoms with Crippen LogP contribution in [0.25, 0.3) is 0 Å². The number of esters is 1. The molecule has 0 spiro atoms. The van der Waals surface area contributed by atoms with Crippen molar-refractivity contribution in [3.8, 4) is 17.6 Å². The molecule has 146 valence electrons. The molecule has 0 aliphatic heterocycles. The van der Waals surface area contributed by atoms with Crippen molar-refractivity contribution in [2.24, 2.45) is 0 Å². The van der Waals surface area contributed by atoms with Gasteiger partial charge in [-0.2, -0.15) is 5.26 Å². The second-order valence-electron chi connectivity index (χ2n) is 5.45. The minimum atomic E-state index is -0.689. The fourth-order valence-electron chi connectivity index (χ4n) is 2.30. The Labute approximate surface area is 167 Å². The predicted molar refractivity (Wildman–Crippen MR) is 104 cm³/mol. The Balaban J connectivity index is 2.02. The van der Waals surface area contributed by atoms with Crippen molar-refractivity contribution in [1.82, 2.24) is 0 Å². The third-order valence-corrected chi connectivity index (χ3v) is 3.72. The fraction of sp³-hybridized carbons (Fsp3) is 0.250. The highest BCUT2D eigenvalue weighted by Gasteiger charge is 2.15. The predicted octanol–water partition coefficient (Wildman–Crippen LogP) is 3.80. The van der Waals surface area contributed by atoms with Crippen LogP contribution in [0, 0.1) is 11.3 Å². The maximum Gasteiger partial charge on any atom is 0.338 e. The van der Waals surface area contributed by atoms with E-state index >= 15 is 0 Å². The van der Waals surface area contributed by atoms with Crippen LogP contribution in [0.1, 0.15) is 29.8 Å². The molecule has 0 radical (unpaired) electrons. The molecule has 1 amide bonds. The third-order valence-electron chi connectivity index (χ3n) is 3.49. The van der Waals surface area contributed by atoms with E-state index in [1.165, 1.54) is 30.3 Å².